The van der Waals surface area contributed by atoms with E-state index in [2.05, 4.69) is 5.32 Å². The fourth-order valence-electron chi connectivity index (χ4n) is 2.18. The van der Waals surface area contributed by atoms with E-state index >= 15 is 0 Å². The third kappa shape index (κ3) is 4.35. The predicted molar refractivity (Wildman–Crippen MR) is 92.9 cm³/mol. The lowest BCUT2D eigenvalue weighted by atomic mass is 10.1. The van der Waals surface area contributed by atoms with Gasteiger partial charge < -0.3 is 14.8 Å². The van der Waals surface area contributed by atoms with Gasteiger partial charge in [-0.2, -0.15) is 0 Å². The highest BCUT2D eigenvalue weighted by Crippen LogP contribution is 2.28. The van der Waals surface area contributed by atoms with Crippen molar-refractivity contribution < 1.29 is 19.1 Å². The molecule has 0 heterocycles. The lowest BCUT2D eigenvalue weighted by Crippen LogP contribution is -2.30. The number of carbonyl (C=O) groups is 2. The molecule has 0 aliphatic carbocycles. The lowest BCUT2D eigenvalue weighted by molar-refractivity contribution is -0.122. The van der Waals surface area contributed by atoms with Crippen LogP contribution in [0, 0.1) is 6.92 Å². The number of nitrogens with one attached hydrogen (secondary N) is 1. The SMILES string of the molecule is COc1cc(C)ccc1O[C@H](C)C(=O)Nc1cccc(C(C)=O)c1. The van der Waals surface area contributed by atoms with Crippen LogP contribution in [0.1, 0.15) is 29.8 Å². The van der Waals surface area contributed by atoms with Crippen LogP contribution in [0.4, 0.5) is 5.69 Å². The van der Waals surface area contributed by atoms with Crippen molar-refractivity contribution in [2.45, 2.75) is 26.9 Å². The summed E-state index contributed by atoms with van der Waals surface area (Å²) < 4.78 is 11.0. The number of methoxy groups -OCH3 is 1. The molecule has 0 aliphatic heterocycles. The first-order valence-electron chi connectivity index (χ1n) is 7.64. The standard InChI is InChI=1S/C19H21NO4/c1-12-8-9-17(18(10-12)23-4)24-14(3)19(22)20-16-7-5-6-15(11-16)13(2)21/h5-11,14H,1-4H3,(H,20,22)/t14-/m1/s1. The molecule has 1 amide bonds. The van der Waals surface area contributed by atoms with Gasteiger partial charge in [-0.15, -0.1) is 0 Å². The van der Waals surface area contributed by atoms with Crippen LogP contribution in [-0.2, 0) is 4.79 Å². The lowest BCUT2D eigenvalue weighted by Gasteiger charge is -2.17. The number of benzene rings is 2. The molecule has 2 rings (SSSR count). The molecule has 0 radical (unpaired) electrons. The maximum atomic E-state index is 12.3. The molecule has 5 nitrogen and oxygen atoms in total. The molecule has 5 heteroatoms. The zero-order valence-corrected chi connectivity index (χ0v) is 14.3. The van der Waals surface area contributed by atoms with Gasteiger partial charge in [0, 0.05) is 11.3 Å². The monoisotopic (exact) mass is 327 g/mol. The largest absolute Gasteiger partial charge is 0.493 e. The summed E-state index contributed by atoms with van der Waals surface area (Å²) in [4.78, 5) is 23.7. The summed E-state index contributed by atoms with van der Waals surface area (Å²) in [5.41, 5.74) is 2.14. The van der Waals surface area contributed by atoms with Gasteiger partial charge in [0.05, 0.1) is 7.11 Å². The second-order valence-corrected chi connectivity index (χ2v) is 5.54. The molecular weight excluding hydrogens is 306 g/mol. The minimum absolute atomic E-state index is 0.0558. The number of hydrogen-bond donors (Lipinski definition) is 1. The Balaban J connectivity index is 2.07. The van der Waals surface area contributed by atoms with E-state index in [0.29, 0.717) is 22.7 Å². The molecule has 2 aromatic carbocycles. The van der Waals surface area contributed by atoms with E-state index in [1.54, 1.807) is 44.4 Å². The van der Waals surface area contributed by atoms with Crippen LogP contribution in [0.15, 0.2) is 42.5 Å². The second-order valence-electron chi connectivity index (χ2n) is 5.54. The molecular formula is C19H21NO4. The first-order valence-corrected chi connectivity index (χ1v) is 7.64. The van der Waals surface area contributed by atoms with Crippen LogP contribution in [0.25, 0.3) is 0 Å². The number of amides is 1. The van der Waals surface area contributed by atoms with Crippen molar-refractivity contribution in [1.29, 1.82) is 0 Å². The Morgan fingerprint density at radius 2 is 1.83 bits per heavy atom. The Kier molecular flexibility index (Phi) is 5.58. The van der Waals surface area contributed by atoms with Gasteiger partial charge in [0.15, 0.2) is 23.4 Å². The molecule has 1 atom stereocenters. The Hall–Kier alpha value is -2.82. The van der Waals surface area contributed by atoms with Gasteiger partial charge in [-0.3, -0.25) is 9.59 Å². The molecule has 0 saturated carbocycles. The van der Waals surface area contributed by atoms with Crippen molar-refractivity contribution in [3.05, 3.63) is 53.6 Å². The molecule has 0 saturated heterocycles. The minimum atomic E-state index is -0.720. The number of ketones is 1. The van der Waals surface area contributed by atoms with Gasteiger partial charge >= 0.3 is 0 Å². The molecule has 0 aliphatic rings. The topological polar surface area (TPSA) is 64.6 Å². The fourth-order valence-corrected chi connectivity index (χ4v) is 2.18. The Morgan fingerprint density at radius 3 is 2.50 bits per heavy atom. The zero-order valence-electron chi connectivity index (χ0n) is 14.3. The van der Waals surface area contributed by atoms with Gasteiger partial charge in [0.25, 0.3) is 5.91 Å². The maximum Gasteiger partial charge on any atom is 0.265 e. The highest BCUT2D eigenvalue weighted by Gasteiger charge is 2.17. The van der Waals surface area contributed by atoms with Crippen molar-refractivity contribution in [3.8, 4) is 11.5 Å². The van der Waals surface area contributed by atoms with Crippen LogP contribution in [0.2, 0.25) is 0 Å². The first-order chi connectivity index (χ1) is 11.4. The molecule has 1 N–H and O–H groups in total. The highest BCUT2D eigenvalue weighted by atomic mass is 16.5. The van der Waals surface area contributed by atoms with Crippen molar-refractivity contribution in [1.82, 2.24) is 0 Å². The molecule has 2 aromatic rings. The highest BCUT2D eigenvalue weighted by molar-refractivity contribution is 5.98. The van der Waals surface area contributed by atoms with E-state index in [0.717, 1.165) is 5.56 Å². The number of aryl methyl sites for hydroxylation is 1. The summed E-state index contributed by atoms with van der Waals surface area (Å²) in [5.74, 6) is 0.717. The predicted octanol–water partition coefficient (Wildman–Crippen LogP) is 3.61. The second kappa shape index (κ2) is 7.64. The van der Waals surface area contributed by atoms with Gasteiger partial charge in [-0.25, -0.2) is 0 Å². The number of Topliss-reactive ketones (excluding diaryl/α,β-unsaturated/α-hetero) is 1. The smallest absolute Gasteiger partial charge is 0.265 e. The number of anilines is 1. The summed E-state index contributed by atoms with van der Waals surface area (Å²) >= 11 is 0. The molecule has 126 valence electrons. The summed E-state index contributed by atoms with van der Waals surface area (Å²) in [6.07, 6.45) is -0.720. The number of carbonyl (C=O) groups excluding carboxylic acids is 2. The van der Waals surface area contributed by atoms with Crippen molar-refractivity contribution >= 4 is 17.4 Å². The van der Waals surface area contributed by atoms with E-state index in [4.69, 9.17) is 9.47 Å². The van der Waals surface area contributed by atoms with E-state index in [1.807, 2.05) is 19.1 Å². The quantitative estimate of drug-likeness (QED) is 0.823. The van der Waals surface area contributed by atoms with Crippen LogP contribution < -0.4 is 14.8 Å². The summed E-state index contributed by atoms with van der Waals surface area (Å²) in [5, 5.41) is 2.75. The van der Waals surface area contributed by atoms with Crippen molar-refractivity contribution in [2.75, 3.05) is 12.4 Å². The fraction of sp³-hybridized carbons (Fsp3) is 0.263. The number of ether oxygens (including phenoxy) is 2. The molecule has 0 fully saturated rings. The van der Waals surface area contributed by atoms with E-state index < -0.39 is 6.10 Å². The van der Waals surface area contributed by atoms with Crippen LogP contribution in [-0.4, -0.2) is 24.9 Å². The summed E-state index contributed by atoms with van der Waals surface area (Å²) in [6.45, 7) is 5.09. The van der Waals surface area contributed by atoms with E-state index in [9.17, 15) is 9.59 Å². The number of hydrogen-bond acceptors (Lipinski definition) is 4. The Morgan fingerprint density at radius 1 is 1.08 bits per heavy atom. The molecule has 0 bridgehead atoms. The van der Waals surface area contributed by atoms with Crippen molar-refractivity contribution in [3.63, 3.8) is 0 Å². The van der Waals surface area contributed by atoms with Crippen molar-refractivity contribution in [2.24, 2.45) is 0 Å². The molecule has 0 spiro atoms. The number of rotatable bonds is 6. The van der Waals surface area contributed by atoms with Gasteiger partial charge in [0.1, 0.15) is 0 Å². The van der Waals surface area contributed by atoms with Gasteiger partial charge in [-0.1, -0.05) is 18.2 Å². The van der Waals surface area contributed by atoms with Crippen LogP contribution >= 0.6 is 0 Å². The summed E-state index contributed by atoms with van der Waals surface area (Å²) in [6, 6.07) is 12.3. The van der Waals surface area contributed by atoms with Crippen LogP contribution in [0.3, 0.4) is 0 Å². The zero-order chi connectivity index (χ0) is 17.7. The normalized spacial score (nSPS) is 11.5. The third-order valence-electron chi connectivity index (χ3n) is 3.53. The maximum absolute atomic E-state index is 12.3. The average Bonchev–Trinajstić information content (AvgIpc) is 2.56. The van der Waals surface area contributed by atoms with Gasteiger partial charge in [0.2, 0.25) is 0 Å². The molecule has 0 unspecified atom stereocenters. The first kappa shape index (κ1) is 17.5. The minimum Gasteiger partial charge on any atom is -0.493 e. The van der Waals surface area contributed by atoms with Crippen LogP contribution in [0.5, 0.6) is 11.5 Å². The Bertz CT molecular complexity index is 755. The van der Waals surface area contributed by atoms with E-state index in [-0.39, 0.29) is 11.7 Å². The molecule has 0 aromatic heterocycles. The third-order valence-corrected chi connectivity index (χ3v) is 3.53. The summed E-state index contributed by atoms with van der Waals surface area (Å²) in [7, 11) is 1.56. The van der Waals surface area contributed by atoms with Gasteiger partial charge in [-0.05, 0) is 50.6 Å². The molecule has 24 heavy (non-hydrogen) atoms. The Labute approximate surface area is 141 Å². The van der Waals surface area contributed by atoms with E-state index in [1.165, 1.54) is 6.92 Å². The average molecular weight is 327 g/mol.